The molecular formula is C14H23N3O2S2. The molecule has 0 amide bonds. The SMILES string of the molecule is CCCNC1(C(=O)OCC)CCCC(Sc2nncs2)C1. The minimum Gasteiger partial charge on any atom is -0.465 e. The van der Waals surface area contributed by atoms with Crippen LogP contribution in [0, 0.1) is 0 Å². The van der Waals surface area contributed by atoms with E-state index in [1.54, 1.807) is 28.6 Å². The lowest BCUT2D eigenvalue weighted by molar-refractivity contribution is -0.152. The summed E-state index contributed by atoms with van der Waals surface area (Å²) < 4.78 is 6.31. The summed E-state index contributed by atoms with van der Waals surface area (Å²) in [6.45, 7) is 5.25. The first-order valence-electron chi connectivity index (χ1n) is 7.55. The summed E-state index contributed by atoms with van der Waals surface area (Å²) >= 11 is 3.30. The third-order valence-corrected chi connectivity index (χ3v) is 5.77. The smallest absolute Gasteiger partial charge is 0.326 e. The molecule has 1 heterocycles. The molecule has 1 aliphatic carbocycles. The molecule has 1 aromatic rings. The van der Waals surface area contributed by atoms with E-state index in [1.807, 2.05) is 6.92 Å². The third-order valence-electron chi connectivity index (χ3n) is 3.69. The fourth-order valence-corrected chi connectivity index (χ4v) is 4.80. The zero-order chi connectivity index (χ0) is 15.1. The van der Waals surface area contributed by atoms with Gasteiger partial charge in [0.2, 0.25) is 0 Å². The normalized spacial score (nSPS) is 25.7. The van der Waals surface area contributed by atoms with Gasteiger partial charge in [-0.3, -0.25) is 4.79 Å². The lowest BCUT2D eigenvalue weighted by Gasteiger charge is -2.39. The van der Waals surface area contributed by atoms with Crippen LogP contribution in [0.5, 0.6) is 0 Å². The van der Waals surface area contributed by atoms with Gasteiger partial charge in [0.1, 0.15) is 11.0 Å². The van der Waals surface area contributed by atoms with Gasteiger partial charge in [0.15, 0.2) is 4.34 Å². The van der Waals surface area contributed by atoms with Gasteiger partial charge in [-0.05, 0) is 45.6 Å². The van der Waals surface area contributed by atoms with Gasteiger partial charge >= 0.3 is 5.97 Å². The van der Waals surface area contributed by atoms with Crippen molar-refractivity contribution in [1.29, 1.82) is 0 Å². The molecule has 118 valence electrons. The fraction of sp³-hybridized carbons (Fsp3) is 0.786. The van der Waals surface area contributed by atoms with Crippen molar-refractivity contribution >= 4 is 29.1 Å². The molecule has 0 saturated heterocycles. The van der Waals surface area contributed by atoms with Crippen LogP contribution in [0.2, 0.25) is 0 Å². The second kappa shape index (κ2) is 8.10. The average molecular weight is 329 g/mol. The van der Waals surface area contributed by atoms with Crippen molar-refractivity contribution in [3.8, 4) is 0 Å². The van der Waals surface area contributed by atoms with Crippen molar-refractivity contribution in [1.82, 2.24) is 15.5 Å². The second-order valence-corrected chi connectivity index (χ2v) is 7.65. The van der Waals surface area contributed by atoms with E-state index in [1.165, 1.54) is 0 Å². The lowest BCUT2D eigenvalue weighted by Crippen LogP contribution is -2.56. The molecule has 1 fully saturated rings. The first-order chi connectivity index (χ1) is 10.2. The summed E-state index contributed by atoms with van der Waals surface area (Å²) in [6.07, 6.45) is 4.82. The minimum absolute atomic E-state index is 0.0963. The number of hydrogen-bond donors (Lipinski definition) is 1. The summed E-state index contributed by atoms with van der Waals surface area (Å²) in [5, 5.41) is 11.8. The number of hydrogen-bond acceptors (Lipinski definition) is 7. The second-order valence-electron chi connectivity index (χ2n) is 5.27. The molecule has 0 radical (unpaired) electrons. The van der Waals surface area contributed by atoms with Gasteiger partial charge in [0, 0.05) is 5.25 Å². The van der Waals surface area contributed by atoms with E-state index in [9.17, 15) is 4.79 Å². The first-order valence-corrected chi connectivity index (χ1v) is 9.31. The summed E-state index contributed by atoms with van der Waals surface area (Å²) in [4.78, 5) is 12.5. The van der Waals surface area contributed by atoms with Crippen molar-refractivity contribution in [2.75, 3.05) is 13.2 Å². The van der Waals surface area contributed by atoms with Crippen LogP contribution in [0.4, 0.5) is 0 Å². The maximum absolute atomic E-state index is 12.5. The Morgan fingerprint density at radius 2 is 2.48 bits per heavy atom. The molecule has 1 N–H and O–H groups in total. The molecule has 1 saturated carbocycles. The Morgan fingerprint density at radius 3 is 3.14 bits per heavy atom. The largest absolute Gasteiger partial charge is 0.465 e. The monoisotopic (exact) mass is 329 g/mol. The number of rotatable bonds is 7. The topological polar surface area (TPSA) is 64.1 Å². The molecule has 0 aliphatic heterocycles. The van der Waals surface area contributed by atoms with Gasteiger partial charge < -0.3 is 10.1 Å². The van der Waals surface area contributed by atoms with Crippen molar-refractivity contribution < 1.29 is 9.53 Å². The Kier molecular flexibility index (Phi) is 6.44. The van der Waals surface area contributed by atoms with Crippen LogP contribution in [0.25, 0.3) is 0 Å². The zero-order valence-corrected chi connectivity index (χ0v) is 14.3. The number of aromatic nitrogens is 2. The Labute approximate surface area is 134 Å². The molecule has 2 unspecified atom stereocenters. The number of ether oxygens (including phenoxy) is 1. The van der Waals surface area contributed by atoms with E-state index in [4.69, 9.17) is 4.74 Å². The number of carbonyl (C=O) groups is 1. The summed E-state index contributed by atoms with van der Waals surface area (Å²) in [5.41, 5.74) is 1.23. The van der Waals surface area contributed by atoms with E-state index in [2.05, 4.69) is 22.4 Å². The van der Waals surface area contributed by atoms with Crippen molar-refractivity contribution in [3.63, 3.8) is 0 Å². The Bertz CT molecular complexity index is 441. The van der Waals surface area contributed by atoms with Crippen LogP contribution in [0.15, 0.2) is 9.85 Å². The predicted octanol–water partition coefficient (Wildman–Crippen LogP) is 2.87. The van der Waals surface area contributed by atoms with Gasteiger partial charge in [-0.25, -0.2) is 0 Å². The number of esters is 1. The quantitative estimate of drug-likeness (QED) is 0.776. The Balaban J connectivity index is 2.05. The van der Waals surface area contributed by atoms with Crippen LogP contribution in [0.3, 0.4) is 0 Å². The van der Waals surface area contributed by atoms with E-state index < -0.39 is 5.54 Å². The number of nitrogens with one attached hydrogen (secondary N) is 1. The maximum atomic E-state index is 12.5. The van der Waals surface area contributed by atoms with Crippen LogP contribution < -0.4 is 5.32 Å². The highest BCUT2D eigenvalue weighted by Crippen LogP contribution is 2.39. The molecule has 0 aromatic carbocycles. The number of thioether (sulfide) groups is 1. The lowest BCUT2D eigenvalue weighted by atomic mass is 9.81. The highest BCUT2D eigenvalue weighted by molar-refractivity contribution is 8.01. The van der Waals surface area contributed by atoms with Crippen molar-refractivity contribution in [2.24, 2.45) is 0 Å². The molecule has 21 heavy (non-hydrogen) atoms. The zero-order valence-electron chi connectivity index (χ0n) is 12.6. The Morgan fingerprint density at radius 1 is 1.62 bits per heavy atom. The molecule has 0 spiro atoms. The van der Waals surface area contributed by atoms with E-state index in [-0.39, 0.29) is 5.97 Å². The first kappa shape index (κ1) is 16.7. The molecule has 5 nitrogen and oxygen atoms in total. The van der Waals surface area contributed by atoms with Gasteiger partial charge in [0.05, 0.1) is 6.61 Å². The van der Waals surface area contributed by atoms with Crippen LogP contribution in [0.1, 0.15) is 46.0 Å². The standard InChI is InChI=1S/C14H23N3O2S2/c1-3-8-15-14(12(18)19-4-2)7-5-6-11(9-14)21-13-17-16-10-20-13/h10-11,15H,3-9H2,1-2H3. The van der Waals surface area contributed by atoms with Crippen LogP contribution in [-0.2, 0) is 9.53 Å². The van der Waals surface area contributed by atoms with Gasteiger partial charge in [-0.2, -0.15) is 0 Å². The third kappa shape index (κ3) is 4.40. The maximum Gasteiger partial charge on any atom is 0.326 e. The summed E-state index contributed by atoms with van der Waals surface area (Å²) in [5.74, 6) is -0.0963. The molecule has 0 bridgehead atoms. The molecular weight excluding hydrogens is 306 g/mol. The van der Waals surface area contributed by atoms with Gasteiger partial charge in [-0.15, -0.1) is 10.2 Å². The van der Waals surface area contributed by atoms with E-state index in [0.29, 0.717) is 11.9 Å². The fourth-order valence-electron chi connectivity index (χ4n) is 2.73. The van der Waals surface area contributed by atoms with Crippen LogP contribution in [-0.4, -0.2) is 40.1 Å². The highest BCUT2D eigenvalue weighted by atomic mass is 32.2. The van der Waals surface area contributed by atoms with E-state index >= 15 is 0 Å². The minimum atomic E-state index is -0.521. The van der Waals surface area contributed by atoms with Crippen LogP contribution >= 0.6 is 23.1 Å². The summed E-state index contributed by atoms with van der Waals surface area (Å²) in [7, 11) is 0. The molecule has 7 heteroatoms. The number of carbonyl (C=O) groups excluding carboxylic acids is 1. The molecule has 1 aromatic heterocycles. The molecule has 2 rings (SSSR count). The van der Waals surface area contributed by atoms with Gasteiger partial charge in [-0.1, -0.05) is 30.0 Å². The number of nitrogens with zero attached hydrogens (tertiary/aromatic N) is 2. The highest BCUT2D eigenvalue weighted by Gasteiger charge is 2.43. The van der Waals surface area contributed by atoms with E-state index in [0.717, 1.165) is 43.0 Å². The van der Waals surface area contributed by atoms with Crippen molar-refractivity contribution in [2.45, 2.75) is 61.1 Å². The molecule has 1 aliphatic rings. The van der Waals surface area contributed by atoms with Gasteiger partial charge in [0.25, 0.3) is 0 Å². The predicted molar refractivity (Wildman–Crippen MR) is 85.7 cm³/mol. The molecule has 2 atom stereocenters. The Hall–Kier alpha value is -0.660. The van der Waals surface area contributed by atoms with Crippen molar-refractivity contribution in [3.05, 3.63) is 5.51 Å². The average Bonchev–Trinajstić information content (AvgIpc) is 2.98. The summed E-state index contributed by atoms with van der Waals surface area (Å²) in [6, 6.07) is 0.